The zero-order valence-electron chi connectivity index (χ0n) is 11.8. The number of carbonyl (C=O) groups is 1. The van der Waals surface area contributed by atoms with Crippen LogP contribution in [-0.4, -0.2) is 23.9 Å². The minimum atomic E-state index is -0.559. The molecule has 0 saturated carbocycles. The van der Waals surface area contributed by atoms with Crippen LogP contribution in [0.3, 0.4) is 0 Å². The first-order chi connectivity index (χ1) is 8.51. The molecule has 1 atom stereocenters. The first-order valence-electron chi connectivity index (χ1n) is 6.60. The summed E-state index contributed by atoms with van der Waals surface area (Å²) in [5.74, 6) is -0.00690. The van der Waals surface area contributed by atoms with Gasteiger partial charge in [-0.2, -0.15) is 0 Å². The lowest BCUT2D eigenvalue weighted by Gasteiger charge is -2.29. The maximum absolute atomic E-state index is 12.3. The Bertz CT molecular complexity index is 382. The first-order valence-corrected chi connectivity index (χ1v) is 6.60. The minimum absolute atomic E-state index is 0.00690. The van der Waals surface area contributed by atoms with Crippen LogP contribution in [0, 0.1) is 6.92 Å². The van der Waals surface area contributed by atoms with Crippen molar-refractivity contribution in [1.82, 2.24) is 4.90 Å². The second-order valence-electron chi connectivity index (χ2n) is 4.81. The average molecular weight is 248 g/mol. The third-order valence-corrected chi connectivity index (χ3v) is 3.54. The summed E-state index contributed by atoms with van der Waals surface area (Å²) in [6.45, 7) is 6.21. The van der Waals surface area contributed by atoms with Gasteiger partial charge in [-0.3, -0.25) is 4.79 Å². The van der Waals surface area contributed by atoms with E-state index in [1.165, 1.54) is 5.56 Å². The molecule has 0 fully saturated rings. The molecule has 0 aliphatic carbocycles. The molecule has 0 aliphatic rings. The van der Waals surface area contributed by atoms with Crippen LogP contribution >= 0.6 is 0 Å². The molecule has 0 bridgehead atoms. The van der Waals surface area contributed by atoms with Gasteiger partial charge in [-0.15, -0.1) is 0 Å². The van der Waals surface area contributed by atoms with Crippen LogP contribution in [0.5, 0.6) is 0 Å². The van der Waals surface area contributed by atoms with Crippen molar-refractivity contribution in [2.24, 2.45) is 5.73 Å². The number of hydrogen-bond donors (Lipinski definition) is 1. The number of benzene rings is 1. The highest BCUT2D eigenvalue weighted by atomic mass is 16.2. The predicted molar refractivity (Wildman–Crippen MR) is 75.2 cm³/mol. The second-order valence-corrected chi connectivity index (χ2v) is 4.81. The molecule has 1 aromatic rings. The van der Waals surface area contributed by atoms with Crippen LogP contribution in [0.25, 0.3) is 0 Å². The number of likely N-dealkylation sites (N-methyl/N-ethyl adjacent to an activating group) is 1. The normalized spacial score (nSPS) is 12.6. The summed E-state index contributed by atoms with van der Waals surface area (Å²) in [6, 6.07) is 7.54. The van der Waals surface area contributed by atoms with Crippen molar-refractivity contribution < 1.29 is 4.79 Å². The molecule has 0 spiro atoms. The molecular weight excluding hydrogens is 224 g/mol. The van der Waals surface area contributed by atoms with Crippen LogP contribution in [0.15, 0.2) is 24.3 Å². The number of nitrogens with zero attached hydrogens (tertiary/aromatic N) is 1. The highest BCUT2D eigenvalue weighted by Gasteiger charge is 2.23. The van der Waals surface area contributed by atoms with Crippen molar-refractivity contribution in [2.75, 3.05) is 7.05 Å². The monoisotopic (exact) mass is 248 g/mol. The number of rotatable bonds is 5. The van der Waals surface area contributed by atoms with Crippen molar-refractivity contribution in [3.63, 3.8) is 0 Å². The second kappa shape index (κ2) is 6.55. The Balaban J connectivity index is 2.80. The van der Waals surface area contributed by atoms with Crippen molar-refractivity contribution in [1.29, 1.82) is 0 Å². The van der Waals surface area contributed by atoms with Crippen LogP contribution in [0.2, 0.25) is 0 Å². The van der Waals surface area contributed by atoms with Gasteiger partial charge in [0, 0.05) is 13.1 Å². The van der Waals surface area contributed by atoms with Crippen molar-refractivity contribution >= 4 is 5.91 Å². The third-order valence-electron chi connectivity index (χ3n) is 3.54. The summed E-state index contributed by atoms with van der Waals surface area (Å²) in [5, 5.41) is 0. The molecule has 0 saturated heterocycles. The summed E-state index contributed by atoms with van der Waals surface area (Å²) in [5.41, 5.74) is 8.10. The van der Waals surface area contributed by atoms with Gasteiger partial charge in [-0.05, 0) is 25.3 Å². The maximum Gasteiger partial charge on any atom is 0.244 e. The topological polar surface area (TPSA) is 46.3 Å². The fourth-order valence-electron chi connectivity index (χ4n) is 2.15. The van der Waals surface area contributed by atoms with E-state index in [9.17, 15) is 4.79 Å². The fourth-order valence-corrected chi connectivity index (χ4v) is 2.15. The van der Waals surface area contributed by atoms with Crippen LogP contribution in [0.4, 0.5) is 0 Å². The van der Waals surface area contributed by atoms with E-state index in [0.29, 0.717) is 0 Å². The van der Waals surface area contributed by atoms with E-state index in [-0.39, 0.29) is 11.9 Å². The summed E-state index contributed by atoms with van der Waals surface area (Å²) in [7, 11) is 1.84. The van der Waals surface area contributed by atoms with Crippen molar-refractivity contribution in [3.05, 3.63) is 35.4 Å². The van der Waals surface area contributed by atoms with Crippen LogP contribution in [0.1, 0.15) is 43.9 Å². The van der Waals surface area contributed by atoms with Gasteiger partial charge in [0.1, 0.15) is 6.04 Å². The average Bonchev–Trinajstić information content (AvgIpc) is 2.39. The van der Waals surface area contributed by atoms with Gasteiger partial charge < -0.3 is 10.6 Å². The molecule has 1 amide bonds. The molecule has 2 N–H and O–H groups in total. The summed E-state index contributed by atoms with van der Waals surface area (Å²) >= 11 is 0. The zero-order chi connectivity index (χ0) is 13.7. The first kappa shape index (κ1) is 14.7. The summed E-state index contributed by atoms with van der Waals surface area (Å²) in [4.78, 5) is 14.1. The van der Waals surface area contributed by atoms with E-state index in [2.05, 4.69) is 13.8 Å². The zero-order valence-corrected chi connectivity index (χ0v) is 11.8. The van der Waals surface area contributed by atoms with E-state index >= 15 is 0 Å². The molecule has 1 unspecified atom stereocenters. The lowest BCUT2D eigenvalue weighted by molar-refractivity contribution is -0.133. The predicted octanol–water partition coefficient (Wildman–Crippen LogP) is 2.64. The van der Waals surface area contributed by atoms with Gasteiger partial charge in [0.25, 0.3) is 0 Å². The van der Waals surface area contributed by atoms with Crippen LogP contribution < -0.4 is 5.73 Å². The molecule has 18 heavy (non-hydrogen) atoms. The van der Waals surface area contributed by atoms with Gasteiger partial charge in [0.05, 0.1) is 0 Å². The Morgan fingerprint density at radius 2 is 1.72 bits per heavy atom. The van der Waals surface area contributed by atoms with Gasteiger partial charge in [-0.1, -0.05) is 43.7 Å². The lowest BCUT2D eigenvalue weighted by Crippen LogP contribution is -2.41. The van der Waals surface area contributed by atoms with Gasteiger partial charge in [0.2, 0.25) is 5.91 Å². The quantitative estimate of drug-likeness (QED) is 0.870. The minimum Gasteiger partial charge on any atom is -0.341 e. The van der Waals surface area contributed by atoms with E-state index in [0.717, 1.165) is 18.4 Å². The molecule has 100 valence electrons. The molecule has 3 nitrogen and oxygen atoms in total. The number of carbonyl (C=O) groups excluding carboxylic acids is 1. The maximum atomic E-state index is 12.3. The molecule has 0 radical (unpaired) electrons. The Kier molecular flexibility index (Phi) is 5.35. The number of hydrogen-bond acceptors (Lipinski definition) is 2. The molecule has 1 rings (SSSR count). The fraction of sp³-hybridized carbons (Fsp3) is 0.533. The lowest BCUT2D eigenvalue weighted by atomic mass is 10.0. The summed E-state index contributed by atoms with van der Waals surface area (Å²) in [6.07, 6.45) is 1.92. The molecule has 1 aromatic carbocycles. The number of aryl methyl sites for hydroxylation is 1. The molecule has 0 heterocycles. The van der Waals surface area contributed by atoms with Crippen molar-refractivity contribution in [3.8, 4) is 0 Å². The van der Waals surface area contributed by atoms with Gasteiger partial charge in [0.15, 0.2) is 0 Å². The molecule has 0 aliphatic heterocycles. The van der Waals surface area contributed by atoms with Crippen molar-refractivity contribution in [2.45, 2.75) is 45.7 Å². The molecule has 3 heteroatoms. The molecular formula is C15H24N2O. The highest BCUT2D eigenvalue weighted by molar-refractivity contribution is 5.83. The smallest absolute Gasteiger partial charge is 0.244 e. The van der Waals surface area contributed by atoms with E-state index in [1.807, 2.05) is 38.2 Å². The Morgan fingerprint density at radius 3 is 2.17 bits per heavy atom. The number of amides is 1. The van der Waals surface area contributed by atoms with E-state index < -0.39 is 6.04 Å². The largest absolute Gasteiger partial charge is 0.341 e. The van der Waals surface area contributed by atoms with Crippen LogP contribution in [-0.2, 0) is 4.79 Å². The Hall–Kier alpha value is -1.35. The van der Waals surface area contributed by atoms with E-state index in [4.69, 9.17) is 5.73 Å². The highest BCUT2D eigenvalue weighted by Crippen LogP contribution is 2.16. The summed E-state index contributed by atoms with van der Waals surface area (Å²) < 4.78 is 0. The van der Waals surface area contributed by atoms with E-state index in [1.54, 1.807) is 4.90 Å². The van der Waals surface area contributed by atoms with Gasteiger partial charge in [-0.25, -0.2) is 0 Å². The van der Waals surface area contributed by atoms with Gasteiger partial charge >= 0.3 is 0 Å². The Labute approximate surface area is 110 Å². The standard InChI is InChI=1S/C15H24N2O/c1-5-13(6-2)17(4)15(18)14(16)12-9-7-11(3)8-10-12/h7-10,13-14H,5-6,16H2,1-4H3. The molecule has 0 aromatic heterocycles. The third kappa shape index (κ3) is 3.33. The SMILES string of the molecule is CCC(CC)N(C)C(=O)C(N)c1ccc(C)cc1. The Morgan fingerprint density at radius 1 is 1.22 bits per heavy atom. The number of nitrogens with two attached hydrogens (primary N) is 1.